The molecule has 1 N–H and O–H groups in total. The van der Waals surface area contributed by atoms with Crippen LogP contribution in [0.3, 0.4) is 0 Å². The predicted molar refractivity (Wildman–Crippen MR) is 105 cm³/mol. The van der Waals surface area contributed by atoms with Gasteiger partial charge in [0, 0.05) is 11.6 Å². The van der Waals surface area contributed by atoms with E-state index in [9.17, 15) is 4.79 Å². The highest BCUT2D eigenvalue weighted by Gasteiger charge is 2.20. The Kier molecular flexibility index (Phi) is 4.16. The van der Waals surface area contributed by atoms with E-state index in [1.165, 1.54) is 12.8 Å². The fourth-order valence-electron chi connectivity index (χ4n) is 3.70. The van der Waals surface area contributed by atoms with E-state index < -0.39 is 0 Å². The molecule has 1 aliphatic rings. The van der Waals surface area contributed by atoms with Crippen LogP contribution < -0.4 is 5.32 Å². The molecule has 6 heteroatoms. The van der Waals surface area contributed by atoms with Gasteiger partial charge in [-0.25, -0.2) is 9.97 Å². The minimum atomic E-state index is -0.0646. The van der Waals surface area contributed by atoms with Gasteiger partial charge in [-0.1, -0.05) is 12.8 Å². The number of furan rings is 2. The lowest BCUT2D eigenvalue weighted by Gasteiger charge is -2.12. The number of aromatic nitrogens is 2. The first-order valence-corrected chi connectivity index (χ1v) is 9.48. The van der Waals surface area contributed by atoms with Gasteiger partial charge in [-0.2, -0.15) is 0 Å². The number of nitrogens with zero attached hydrogens (tertiary/aromatic N) is 2. The van der Waals surface area contributed by atoms with E-state index in [1.807, 2.05) is 24.3 Å². The molecule has 6 nitrogen and oxygen atoms in total. The summed E-state index contributed by atoms with van der Waals surface area (Å²) >= 11 is 0. The van der Waals surface area contributed by atoms with Gasteiger partial charge in [0.25, 0.3) is 5.91 Å². The molecule has 0 saturated heterocycles. The average Bonchev–Trinajstić information content (AvgIpc) is 3.50. The van der Waals surface area contributed by atoms with Gasteiger partial charge >= 0.3 is 0 Å². The van der Waals surface area contributed by atoms with Crippen molar-refractivity contribution in [3.63, 3.8) is 0 Å². The molecule has 3 aromatic heterocycles. The summed E-state index contributed by atoms with van der Waals surface area (Å²) in [5.41, 5.74) is 3.11. The average molecular weight is 373 g/mol. The highest BCUT2D eigenvalue weighted by Crippen LogP contribution is 2.31. The molecule has 1 fully saturated rings. The zero-order valence-corrected chi connectivity index (χ0v) is 15.2. The van der Waals surface area contributed by atoms with Crippen LogP contribution in [-0.4, -0.2) is 21.9 Å². The van der Waals surface area contributed by atoms with Crippen LogP contribution in [0.5, 0.6) is 0 Å². The summed E-state index contributed by atoms with van der Waals surface area (Å²) in [6.07, 6.45) is 7.65. The van der Waals surface area contributed by atoms with Gasteiger partial charge < -0.3 is 14.2 Å². The smallest absolute Gasteiger partial charge is 0.251 e. The van der Waals surface area contributed by atoms with Crippen molar-refractivity contribution in [3.8, 4) is 22.9 Å². The molecule has 1 aromatic carbocycles. The first kappa shape index (κ1) is 16.7. The van der Waals surface area contributed by atoms with Crippen molar-refractivity contribution in [3.05, 3.63) is 60.6 Å². The van der Waals surface area contributed by atoms with Crippen LogP contribution in [0.15, 0.2) is 63.8 Å². The van der Waals surface area contributed by atoms with Crippen molar-refractivity contribution >= 4 is 16.9 Å². The van der Waals surface area contributed by atoms with Crippen molar-refractivity contribution in [2.75, 3.05) is 0 Å². The molecule has 3 heterocycles. The number of fused-ring (bicyclic) bond motifs is 1. The molecule has 4 aromatic rings. The molecule has 140 valence electrons. The van der Waals surface area contributed by atoms with Gasteiger partial charge in [-0.05, 0) is 55.3 Å². The van der Waals surface area contributed by atoms with Crippen LogP contribution in [0.25, 0.3) is 33.9 Å². The quantitative estimate of drug-likeness (QED) is 0.554. The van der Waals surface area contributed by atoms with E-state index in [2.05, 4.69) is 5.32 Å². The summed E-state index contributed by atoms with van der Waals surface area (Å²) in [5, 5.41) is 3.12. The Morgan fingerprint density at radius 1 is 0.893 bits per heavy atom. The minimum absolute atomic E-state index is 0.0646. The maximum absolute atomic E-state index is 12.6. The Bertz CT molecular complexity index is 1110. The van der Waals surface area contributed by atoms with E-state index in [1.54, 1.807) is 30.7 Å². The number of rotatable bonds is 4. The predicted octanol–water partition coefficient (Wildman–Crippen LogP) is 4.82. The van der Waals surface area contributed by atoms with Crippen LogP contribution >= 0.6 is 0 Å². The summed E-state index contributed by atoms with van der Waals surface area (Å²) in [6.45, 7) is 0. The van der Waals surface area contributed by atoms with Crippen LogP contribution in [0.2, 0.25) is 0 Å². The lowest BCUT2D eigenvalue weighted by molar-refractivity contribution is 0.0938. The third-order valence-electron chi connectivity index (χ3n) is 5.13. The second-order valence-corrected chi connectivity index (χ2v) is 7.03. The Labute approximate surface area is 161 Å². The molecule has 5 rings (SSSR count). The third kappa shape index (κ3) is 3.07. The number of benzene rings is 1. The van der Waals surface area contributed by atoms with Gasteiger partial charge in [0.1, 0.15) is 11.4 Å². The molecule has 1 aliphatic carbocycles. The van der Waals surface area contributed by atoms with E-state index in [4.69, 9.17) is 18.8 Å². The van der Waals surface area contributed by atoms with E-state index in [0.29, 0.717) is 39.5 Å². The Hall–Kier alpha value is -3.41. The van der Waals surface area contributed by atoms with Gasteiger partial charge in [0.15, 0.2) is 11.5 Å². The maximum Gasteiger partial charge on any atom is 0.251 e. The molecule has 1 amide bonds. The molecule has 28 heavy (non-hydrogen) atoms. The summed E-state index contributed by atoms with van der Waals surface area (Å²) in [4.78, 5) is 22.1. The second-order valence-electron chi connectivity index (χ2n) is 7.03. The number of nitrogens with one attached hydrogen (secondary N) is 1. The topological polar surface area (TPSA) is 81.2 Å². The molecule has 0 spiro atoms. The van der Waals surface area contributed by atoms with Gasteiger partial charge in [-0.15, -0.1) is 0 Å². The first-order chi connectivity index (χ1) is 13.8. The van der Waals surface area contributed by atoms with Crippen LogP contribution in [0.1, 0.15) is 36.0 Å². The lowest BCUT2D eigenvalue weighted by atomic mass is 10.1. The lowest BCUT2D eigenvalue weighted by Crippen LogP contribution is -2.32. The number of carbonyl (C=O) groups excluding carboxylic acids is 1. The fraction of sp³-hybridized carbons (Fsp3) is 0.227. The molecule has 0 radical (unpaired) electrons. The SMILES string of the molecule is O=C(NC1CCCC1)c1ccc2nc(-c3ccco3)c(-c3ccco3)nc2c1. The van der Waals surface area contributed by atoms with Crippen molar-refractivity contribution in [1.29, 1.82) is 0 Å². The van der Waals surface area contributed by atoms with Gasteiger partial charge in [0.05, 0.1) is 23.6 Å². The highest BCUT2D eigenvalue weighted by molar-refractivity contribution is 5.98. The number of amides is 1. The fourth-order valence-corrected chi connectivity index (χ4v) is 3.70. The van der Waals surface area contributed by atoms with E-state index in [-0.39, 0.29) is 11.9 Å². The van der Waals surface area contributed by atoms with Gasteiger partial charge in [0.2, 0.25) is 0 Å². The Morgan fingerprint density at radius 2 is 1.54 bits per heavy atom. The van der Waals surface area contributed by atoms with Crippen LogP contribution in [0, 0.1) is 0 Å². The van der Waals surface area contributed by atoms with Crippen LogP contribution in [0.4, 0.5) is 0 Å². The molecule has 0 bridgehead atoms. The molecule has 0 atom stereocenters. The molecule has 1 saturated carbocycles. The van der Waals surface area contributed by atoms with E-state index >= 15 is 0 Å². The minimum Gasteiger partial charge on any atom is -0.463 e. The summed E-state index contributed by atoms with van der Waals surface area (Å²) < 4.78 is 11.1. The number of hydrogen-bond acceptors (Lipinski definition) is 5. The highest BCUT2D eigenvalue weighted by atomic mass is 16.3. The molecule has 0 aliphatic heterocycles. The van der Waals surface area contributed by atoms with Gasteiger partial charge in [-0.3, -0.25) is 4.79 Å². The normalized spacial score (nSPS) is 14.6. The summed E-state index contributed by atoms with van der Waals surface area (Å²) in [7, 11) is 0. The van der Waals surface area contributed by atoms with Crippen molar-refractivity contribution in [2.24, 2.45) is 0 Å². The molecule has 0 unspecified atom stereocenters. The standard InChI is InChI=1S/C22H19N3O3/c26-22(23-15-5-1-2-6-15)14-9-10-16-17(13-14)25-21(19-8-4-12-28-19)20(24-16)18-7-3-11-27-18/h3-4,7-13,15H,1-2,5-6H2,(H,23,26). The Morgan fingerprint density at radius 3 is 2.14 bits per heavy atom. The van der Waals surface area contributed by atoms with Crippen LogP contribution in [-0.2, 0) is 0 Å². The summed E-state index contributed by atoms with van der Waals surface area (Å²) in [5.74, 6) is 1.15. The first-order valence-electron chi connectivity index (χ1n) is 9.48. The van der Waals surface area contributed by atoms with Crippen molar-refractivity contribution < 1.29 is 13.6 Å². The zero-order chi connectivity index (χ0) is 18.9. The monoisotopic (exact) mass is 373 g/mol. The zero-order valence-electron chi connectivity index (χ0n) is 15.2. The molecular formula is C22H19N3O3. The Balaban J connectivity index is 1.57. The third-order valence-corrected chi connectivity index (χ3v) is 5.13. The van der Waals surface area contributed by atoms with Crippen molar-refractivity contribution in [2.45, 2.75) is 31.7 Å². The second kappa shape index (κ2) is 6.96. The largest absolute Gasteiger partial charge is 0.463 e. The molecular weight excluding hydrogens is 354 g/mol. The van der Waals surface area contributed by atoms with Crippen molar-refractivity contribution in [1.82, 2.24) is 15.3 Å². The number of hydrogen-bond donors (Lipinski definition) is 1. The van der Waals surface area contributed by atoms with E-state index in [0.717, 1.165) is 12.8 Å². The summed E-state index contributed by atoms with van der Waals surface area (Å²) in [6, 6.07) is 13.0. The maximum atomic E-state index is 12.6. The number of carbonyl (C=O) groups is 1.